The molecule has 1 aliphatic heterocycles. The van der Waals surface area contributed by atoms with Crippen LogP contribution in [0.25, 0.3) is 5.65 Å². The molecule has 9 heteroatoms. The average molecular weight is 428 g/mol. The summed E-state index contributed by atoms with van der Waals surface area (Å²) in [5.41, 5.74) is 1.68. The van der Waals surface area contributed by atoms with E-state index in [0.29, 0.717) is 28.9 Å². The van der Waals surface area contributed by atoms with Gasteiger partial charge in [-0.2, -0.15) is 0 Å². The van der Waals surface area contributed by atoms with E-state index in [4.69, 9.17) is 4.74 Å². The zero-order chi connectivity index (χ0) is 21.1. The van der Waals surface area contributed by atoms with Crippen LogP contribution < -0.4 is 5.32 Å². The SMILES string of the molecule is CCOC(=O)c1sc(NC(=O)CN2CCC(c3nnc4ccccn34)CC2)cc1C. The maximum Gasteiger partial charge on any atom is 0.348 e. The van der Waals surface area contributed by atoms with Crippen molar-refractivity contribution in [2.75, 3.05) is 31.6 Å². The molecule has 0 radical (unpaired) electrons. The second-order valence-corrected chi connectivity index (χ2v) is 8.48. The molecular formula is C21H25N5O3S. The molecule has 0 spiro atoms. The molecule has 8 nitrogen and oxygen atoms in total. The lowest BCUT2D eigenvalue weighted by Gasteiger charge is -2.30. The van der Waals surface area contributed by atoms with Crippen LogP contribution in [0.1, 0.15) is 46.7 Å². The predicted octanol–water partition coefficient (Wildman–Crippen LogP) is 3.09. The van der Waals surface area contributed by atoms with Crippen molar-refractivity contribution in [3.8, 4) is 0 Å². The Bertz CT molecular complexity index is 1050. The Morgan fingerprint density at radius 1 is 1.27 bits per heavy atom. The Balaban J connectivity index is 1.30. The van der Waals surface area contributed by atoms with Gasteiger partial charge >= 0.3 is 5.97 Å². The van der Waals surface area contributed by atoms with E-state index in [1.54, 1.807) is 6.92 Å². The molecule has 0 saturated carbocycles. The number of nitrogens with zero attached hydrogens (tertiary/aromatic N) is 4. The fraction of sp³-hybridized carbons (Fsp3) is 0.429. The minimum Gasteiger partial charge on any atom is -0.462 e. The number of rotatable bonds is 6. The number of fused-ring (bicyclic) bond motifs is 1. The van der Waals surface area contributed by atoms with Crippen LogP contribution in [-0.4, -0.2) is 57.6 Å². The Kier molecular flexibility index (Phi) is 6.10. The molecule has 1 amide bonds. The number of carbonyl (C=O) groups excluding carboxylic acids is 2. The number of piperidine rings is 1. The van der Waals surface area contributed by atoms with E-state index in [-0.39, 0.29) is 11.9 Å². The second kappa shape index (κ2) is 8.93. The number of esters is 1. The van der Waals surface area contributed by atoms with Crippen LogP contribution in [0.2, 0.25) is 0 Å². The number of carbonyl (C=O) groups is 2. The third kappa shape index (κ3) is 4.36. The summed E-state index contributed by atoms with van der Waals surface area (Å²) >= 11 is 1.25. The highest BCUT2D eigenvalue weighted by molar-refractivity contribution is 7.18. The topological polar surface area (TPSA) is 88.8 Å². The van der Waals surface area contributed by atoms with Crippen molar-refractivity contribution in [1.82, 2.24) is 19.5 Å². The van der Waals surface area contributed by atoms with Gasteiger partial charge in [0, 0.05) is 12.1 Å². The second-order valence-electron chi connectivity index (χ2n) is 7.43. The first-order valence-electron chi connectivity index (χ1n) is 10.1. The van der Waals surface area contributed by atoms with Gasteiger partial charge in [-0.1, -0.05) is 6.07 Å². The summed E-state index contributed by atoms with van der Waals surface area (Å²) in [4.78, 5) is 27.1. The summed E-state index contributed by atoms with van der Waals surface area (Å²) in [5.74, 6) is 0.922. The molecule has 158 valence electrons. The van der Waals surface area contributed by atoms with Gasteiger partial charge in [-0.15, -0.1) is 21.5 Å². The number of pyridine rings is 1. The molecule has 30 heavy (non-hydrogen) atoms. The number of anilines is 1. The Morgan fingerprint density at radius 2 is 2.07 bits per heavy atom. The molecule has 0 unspecified atom stereocenters. The van der Waals surface area contributed by atoms with Crippen LogP contribution in [0.4, 0.5) is 5.00 Å². The van der Waals surface area contributed by atoms with E-state index in [1.807, 2.05) is 41.8 Å². The number of thiophene rings is 1. The van der Waals surface area contributed by atoms with Gasteiger partial charge in [0.2, 0.25) is 5.91 Å². The third-order valence-corrected chi connectivity index (χ3v) is 6.43. The van der Waals surface area contributed by atoms with E-state index >= 15 is 0 Å². The number of hydrogen-bond donors (Lipinski definition) is 1. The maximum absolute atomic E-state index is 12.5. The lowest BCUT2D eigenvalue weighted by molar-refractivity contribution is -0.117. The zero-order valence-electron chi connectivity index (χ0n) is 17.1. The molecule has 3 aromatic heterocycles. The molecule has 0 aliphatic carbocycles. The number of hydrogen-bond acceptors (Lipinski definition) is 7. The summed E-state index contributed by atoms with van der Waals surface area (Å²) in [5, 5.41) is 12.2. The smallest absolute Gasteiger partial charge is 0.348 e. The molecule has 3 aromatic rings. The lowest BCUT2D eigenvalue weighted by Crippen LogP contribution is -2.39. The quantitative estimate of drug-likeness (QED) is 0.608. The number of likely N-dealkylation sites (tertiary alicyclic amines) is 1. The van der Waals surface area contributed by atoms with Gasteiger partial charge in [0.15, 0.2) is 5.65 Å². The van der Waals surface area contributed by atoms with Crippen LogP contribution in [-0.2, 0) is 9.53 Å². The molecule has 4 heterocycles. The highest BCUT2D eigenvalue weighted by atomic mass is 32.1. The fourth-order valence-corrected chi connectivity index (χ4v) is 4.79. The van der Waals surface area contributed by atoms with Crippen molar-refractivity contribution in [3.63, 3.8) is 0 Å². The standard InChI is InChI=1S/C21H25N5O3S/c1-3-29-21(28)19-14(2)12-18(30-19)22-17(27)13-25-10-7-15(8-11-25)20-24-23-16-6-4-5-9-26(16)20/h4-6,9,12,15H,3,7-8,10-11,13H2,1-2H3,(H,22,27). The van der Waals surface area contributed by atoms with Crippen molar-refractivity contribution in [2.45, 2.75) is 32.6 Å². The van der Waals surface area contributed by atoms with E-state index in [2.05, 4.69) is 20.4 Å². The van der Waals surface area contributed by atoms with Crippen LogP contribution >= 0.6 is 11.3 Å². The molecule has 0 atom stereocenters. The van der Waals surface area contributed by atoms with E-state index in [9.17, 15) is 9.59 Å². The number of amides is 1. The van der Waals surface area contributed by atoms with Crippen molar-refractivity contribution < 1.29 is 14.3 Å². The Morgan fingerprint density at radius 3 is 2.83 bits per heavy atom. The Labute approximate surface area is 178 Å². The van der Waals surface area contributed by atoms with Crippen molar-refractivity contribution in [3.05, 3.63) is 46.7 Å². The van der Waals surface area contributed by atoms with E-state index in [1.165, 1.54) is 11.3 Å². The number of aryl methyl sites for hydroxylation is 1. The molecular weight excluding hydrogens is 402 g/mol. The zero-order valence-corrected chi connectivity index (χ0v) is 17.9. The van der Waals surface area contributed by atoms with Crippen molar-refractivity contribution in [1.29, 1.82) is 0 Å². The molecule has 4 rings (SSSR count). The summed E-state index contributed by atoms with van der Waals surface area (Å²) in [7, 11) is 0. The van der Waals surface area contributed by atoms with Crippen LogP contribution in [0, 0.1) is 6.92 Å². The predicted molar refractivity (Wildman–Crippen MR) is 115 cm³/mol. The highest BCUT2D eigenvalue weighted by Gasteiger charge is 2.25. The third-order valence-electron chi connectivity index (χ3n) is 5.30. The van der Waals surface area contributed by atoms with Crippen LogP contribution in [0.15, 0.2) is 30.5 Å². The van der Waals surface area contributed by atoms with Gasteiger partial charge in [-0.3, -0.25) is 14.1 Å². The molecule has 1 aliphatic rings. The van der Waals surface area contributed by atoms with E-state index in [0.717, 1.165) is 43.0 Å². The monoisotopic (exact) mass is 427 g/mol. The highest BCUT2D eigenvalue weighted by Crippen LogP contribution is 2.29. The first kappa shape index (κ1) is 20.5. The van der Waals surface area contributed by atoms with Gasteiger partial charge in [0.1, 0.15) is 10.7 Å². The van der Waals surface area contributed by atoms with Crippen molar-refractivity contribution in [2.24, 2.45) is 0 Å². The summed E-state index contributed by atoms with van der Waals surface area (Å²) < 4.78 is 7.10. The minimum absolute atomic E-state index is 0.0713. The minimum atomic E-state index is -0.344. The molecule has 0 aromatic carbocycles. The summed E-state index contributed by atoms with van der Waals surface area (Å²) in [6.45, 7) is 5.95. The van der Waals surface area contributed by atoms with Crippen LogP contribution in [0.3, 0.4) is 0 Å². The molecule has 1 N–H and O–H groups in total. The van der Waals surface area contributed by atoms with E-state index < -0.39 is 0 Å². The molecule has 0 bridgehead atoms. The van der Waals surface area contributed by atoms with Gasteiger partial charge in [-0.05, 0) is 63.5 Å². The van der Waals surface area contributed by atoms with Gasteiger partial charge in [-0.25, -0.2) is 4.79 Å². The number of aromatic nitrogens is 3. The lowest BCUT2D eigenvalue weighted by atomic mass is 9.96. The van der Waals surface area contributed by atoms with Gasteiger partial charge < -0.3 is 10.1 Å². The maximum atomic E-state index is 12.5. The summed E-state index contributed by atoms with van der Waals surface area (Å²) in [6, 6.07) is 7.71. The average Bonchev–Trinajstić information content (AvgIpc) is 3.32. The van der Waals surface area contributed by atoms with Crippen LogP contribution in [0.5, 0.6) is 0 Å². The largest absolute Gasteiger partial charge is 0.462 e. The van der Waals surface area contributed by atoms with Gasteiger partial charge in [0.25, 0.3) is 0 Å². The normalized spacial score (nSPS) is 15.4. The first-order valence-corrected chi connectivity index (χ1v) is 11.0. The molecule has 1 saturated heterocycles. The Hall–Kier alpha value is -2.78. The number of ether oxygens (including phenoxy) is 1. The van der Waals surface area contributed by atoms with Crippen molar-refractivity contribution >= 4 is 33.9 Å². The first-order chi connectivity index (χ1) is 14.5. The fourth-order valence-electron chi connectivity index (χ4n) is 3.81. The summed E-state index contributed by atoms with van der Waals surface area (Å²) in [6.07, 6.45) is 3.88. The molecule has 1 fully saturated rings. The van der Waals surface area contributed by atoms with Gasteiger partial charge in [0.05, 0.1) is 18.2 Å². The number of nitrogens with one attached hydrogen (secondary N) is 1.